The SMILES string of the molecule is CC1(C)c2ccccc2Sc2cccc(-c3ccc4ccc5cccnc5c4n3)c21. The molecule has 2 nitrogen and oxygen atoms in total. The van der Waals surface area contributed by atoms with Gasteiger partial charge in [0.2, 0.25) is 0 Å². The minimum atomic E-state index is -0.0958. The summed E-state index contributed by atoms with van der Waals surface area (Å²) in [5.74, 6) is 0. The van der Waals surface area contributed by atoms with Crippen LogP contribution in [-0.2, 0) is 5.41 Å². The quantitative estimate of drug-likeness (QED) is 0.275. The lowest BCUT2D eigenvalue weighted by Crippen LogP contribution is -2.24. The standard InChI is InChI=1S/C27H20N2S/c1-27(2)20-9-3-4-10-22(20)30-23-11-5-8-19(24(23)27)21-15-14-18-13-12-17-7-6-16-28-25(17)26(18)29-21/h3-16H,1-2H3. The molecule has 0 N–H and O–H groups in total. The van der Waals surface area contributed by atoms with Crippen LogP contribution in [0.2, 0.25) is 0 Å². The third-order valence-corrected chi connectivity index (χ3v) is 7.28. The Bertz CT molecular complexity index is 1450. The first-order chi connectivity index (χ1) is 14.6. The van der Waals surface area contributed by atoms with Crippen LogP contribution in [0, 0.1) is 0 Å². The molecule has 6 rings (SSSR count). The summed E-state index contributed by atoms with van der Waals surface area (Å²) in [5, 5.41) is 2.24. The lowest BCUT2D eigenvalue weighted by atomic mass is 9.75. The number of pyridine rings is 2. The highest BCUT2D eigenvalue weighted by molar-refractivity contribution is 7.99. The number of rotatable bonds is 1. The average Bonchev–Trinajstić information content (AvgIpc) is 2.78. The Labute approximate surface area is 180 Å². The largest absolute Gasteiger partial charge is 0.254 e. The summed E-state index contributed by atoms with van der Waals surface area (Å²) >= 11 is 1.86. The molecule has 0 radical (unpaired) electrons. The molecule has 0 aliphatic carbocycles. The summed E-state index contributed by atoms with van der Waals surface area (Å²) in [7, 11) is 0. The zero-order valence-corrected chi connectivity index (χ0v) is 17.7. The second-order valence-electron chi connectivity index (χ2n) is 8.31. The van der Waals surface area contributed by atoms with E-state index in [1.165, 1.54) is 26.5 Å². The van der Waals surface area contributed by atoms with Gasteiger partial charge >= 0.3 is 0 Å². The number of nitrogens with zero attached hydrogens (tertiary/aromatic N) is 2. The Morgan fingerprint density at radius 2 is 1.47 bits per heavy atom. The summed E-state index contributed by atoms with van der Waals surface area (Å²) in [5.41, 5.74) is 6.77. The van der Waals surface area contributed by atoms with Crippen LogP contribution in [-0.4, -0.2) is 9.97 Å². The van der Waals surface area contributed by atoms with Crippen molar-refractivity contribution in [2.45, 2.75) is 29.1 Å². The minimum Gasteiger partial charge on any atom is -0.254 e. The summed E-state index contributed by atoms with van der Waals surface area (Å²) < 4.78 is 0. The van der Waals surface area contributed by atoms with Crippen LogP contribution in [0.5, 0.6) is 0 Å². The van der Waals surface area contributed by atoms with E-state index in [1.807, 2.05) is 24.0 Å². The van der Waals surface area contributed by atoms with Gasteiger partial charge in [-0.25, -0.2) is 4.98 Å². The van der Waals surface area contributed by atoms with Crippen molar-refractivity contribution in [3.8, 4) is 11.3 Å². The van der Waals surface area contributed by atoms with Gasteiger partial charge in [0.1, 0.15) is 0 Å². The molecule has 144 valence electrons. The van der Waals surface area contributed by atoms with Crippen molar-refractivity contribution in [2.75, 3.05) is 0 Å². The molecule has 0 unspecified atom stereocenters. The predicted molar refractivity (Wildman–Crippen MR) is 125 cm³/mol. The number of aromatic nitrogens is 2. The molecule has 3 heteroatoms. The molecule has 30 heavy (non-hydrogen) atoms. The van der Waals surface area contributed by atoms with E-state index in [0.29, 0.717) is 0 Å². The van der Waals surface area contributed by atoms with Crippen LogP contribution >= 0.6 is 11.8 Å². The van der Waals surface area contributed by atoms with E-state index in [0.717, 1.165) is 27.5 Å². The van der Waals surface area contributed by atoms with Crippen molar-refractivity contribution >= 4 is 33.6 Å². The molecule has 0 amide bonds. The maximum absolute atomic E-state index is 5.13. The van der Waals surface area contributed by atoms with Crippen LogP contribution < -0.4 is 0 Å². The van der Waals surface area contributed by atoms with Gasteiger partial charge in [-0.2, -0.15) is 0 Å². The Kier molecular flexibility index (Phi) is 3.78. The van der Waals surface area contributed by atoms with Crippen molar-refractivity contribution < 1.29 is 0 Å². The number of benzene rings is 3. The second kappa shape index (κ2) is 6.41. The molecule has 0 saturated carbocycles. The van der Waals surface area contributed by atoms with Crippen molar-refractivity contribution in [1.29, 1.82) is 0 Å². The highest BCUT2D eigenvalue weighted by Crippen LogP contribution is 2.51. The molecule has 1 aliphatic rings. The van der Waals surface area contributed by atoms with Gasteiger partial charge in [-0.3, -0.25) is 4.98 Å². The molecular formula is C27H20N2S. The summed E-state index contributed by atoms with van der Waals surface area (Å²) in [6, 6.07) is 28.0. The van der Waals surface area contributed by atoms with Crippen molar-refractivity contribution in [3.63, 3.8) is 0 Å². The lowest BCUT2D eigenvalue weighted by molar-refractivity contribution is 0.609. The van der Waals surface area contributed by atoms with Crippen molar-refractivity contribution in [1.82, 2.24) is 9.97 Å². The fourth-order valence-electron chi connectivity index (χ4n) is 4.67. The van der Waals surface area contributed by atoms with Crippen molar-refractivity contribution in [2.24, 2.45) is 0 Å². The Morgan fingerprint density at radius 3 is 2.37 bits per heavy atom. The van der Waals surface area contributed by atoms with Gasteiger partial charge in [0.15, 0.2) is 0 Å². The highest BCUT2D eigenvalue weighted by atomic mass is 32.2. The first-order valence-corrected chi connectivity index (χ1v) is 11.0. The van der Waals surface area contributed by atoms with E-state index in [-0.39, 0.29) is 5.41 Å². The van der Waals surface area contributed by atoms with Crippen LogP contribution in [0.3, 0.4) is 0 Å². The Morgan fingerprint density at radius 1 is 0.700 bits per heavy atom. The third-order valence-electron chi connectivity index (χ3n) is 6.14. The van der Waals surface area contributed by atoms with Gasteiger partial charge in [-0.15, -0.1) is 0 Å². The second-order valence-corrected chi connectivity index (χ2v) is 9.39. The molecule has 0 bridgehead atoms. The molecule has 2 aromatic heterocycles. The molecule has 1 aliphatic heterocycles. The molecular weight excluding hydrogens is 384 g/mol. The van der Waals surface area contributed by atoms with Gasteiger partial charge in [0.25, 0.3) is 0 Å². The van der Waals surface area contributed by atoms with E-state index >= 15 is 0 Å². The first kappa shape index (κ1) is 17.7. The molecule has 0 atom stereocenters. The maximum Gasteiger partial charge on any atom is 0.0972 e. The molecule has 0 fully saturated rings. The van der Waals surface area contributed by atoms with E-state index < -0.39 is 0 Å². The van der Waals surface area contributed by atoms with Gasteiger partial charge in [0, 0.05) is 37.7 Å². The van der Waals surface area contributed by atoms with Gasteiger partial charge in [0.05, 0.1) is 16.7 Å². The summed E-state index contributed by atoms with van der Waals surface area (Å²) in [6.07, 6.45) is 1.84. The zero-order chi connectivity index (χ0) is 20.3. The normalized spacial score (nSPS) is 14.5. The van der Waals surface area contributed by atoms with Crippen LogP contribution in [0.15, 0.2) is 94.9 Å². The average molecular weight is 405 g/mol. The Hall–Kier alpha value is -3.17. The molecule has 3 aromatic carbocycles. The lowest BCUT2D eigenvalue weighted by Gasteiger charge is -2.36. The Balaban J connectivity index is 1.62. The predicted octanol–water partition coefficient (Wildman–Crippen LogP) is 7.24. The van der Waals surface area contributed by atoms with Crippen LogP contribution in [0.25, 0.3) is 33.1 Å². The zero-order valence-electron chi connectivity index (χ0n) is 16.9. The smallest absolute Gasteiger partial charge is 0.0972 e. The number of fused-ring (bicyclic) bond motifs is 5. The van der Waals surface area contributed by atoms with E-state index in [9.17, 15) is 0 Å². The topological polar surface area (TPSA) is 25.8 Å². The highest BCUT2D eigenvalue weighted by Gasteiger charge is 2.35. The first-order valence-electron chi connectivity index (χ1n) is 10.2. The molecule has 5 aromatic rings. The monoisotopic (exact) mass is 404 g/mol. The molecule has 0 spiro atoms. The van der Waals surface area contributed by atoms with E-state index in [2.05, 4.69) is 91.6 Å². The molecule has 3 heterocycles. The summed E-state index contributed by atoms with van der Waals surface area (Å²) in [4.78, 5) is 12.4. The maximum atomic E-state index is 5.13. The minimum absolute atomic E-state index is 0.0958. The third kappa shape index (κ3) is 2.52. The van der Waals surface area contributed by atoms with E-state index in [4.69, 9.17) is 4.98 Å². The van der Waals surface area contributed by atoms with E-state index in [1.54, 1.807) is 0 Å². The molecule has 0 saturated heterocycles. The summed E-state index contributed by atoms with van der Waals surface area (Å²) in [6.45, 7) is 4.65. The van der Waals surface area contributed by atoms with Crippen molar-refractivity contribution in [3.05, 3.63) is 96.2 Å². The van der Waals surface area contributed by atoms with Gasteiger partial charge < -0.3 is 0 Å². The van der Waals surface area contributed by atoms with Crippen LogP contribution in [0.4, 0.5) is 0 Å². The fraction of sp³-hybridized carbons (Fsp3) is 0.111. The van der Waals surface area contributed by atoms with Gasteiger partial charge in [-0.05, 0) is 35.4 Å². The van der Waals surface area contributed by atoms with Crippen LogP contribution in [0.1, 0.15) is 25.0 Å². The fourth-order valence-corrected chi connectivity index (χ4v) is 6.10. The number of hydrogen-bond donors (Lipinski definition) is 0. The van der Waals surface area contributed by atoms with Gasteiger partial charge in [-0.1, -0.05) is 80.2 Å². The number of hydrogen-bond acceptors (Lipinski definition) is 3.